The van der Waals surface area contributed by atoms with Crippen LogP contribution in [0.5, 0.6) is 0 Å². The summed E-state index contributed by atoms with van der Waals surface area (Å²) in [5, 5.41) is 10.7. The van der Waals surface area contributed by atoms with E-state index >= 15 is 0 Å². The number of carbonyl (C=O) groups excluding carboxylic acids is 1. The quantitative estimate of drug-likeness (QED) is 0.755. The molecule has 0 spiro atoms. The van der Waals surface area contributed by atoms with E-state index in [2.05, 4.69) is 9.72 Å². The van der Waals surface area contributed by atoms with Gasteiger partial charge in [-0.2, -0.15) is 0 Å². The van der Waals surface area contributed by atoms with E-state index in [1.54, 1.807) is 12.1 Å². The van der Waals surface area contributed by atoms with Gasteiger partial charge in [0.2, 0.25) is 0 Å². The lowest BCUT2D eigenvalue weighted by atomic mass is 10.1. The monoisotopic (exact) mass is 219 g/mol. The maximum Gasteiger partial charge on any atom is 0.339 e. The van der Waals surface area contributed by atoms with Crippen LogP contribution in [-0.4, -0.2) is 23.2 Å². The normalized spacial score (nSPS) is 12.7. The second-order valence-electron chi connectivity index (χ2n) is 3.70. The van der Waals surface area contributed by atoms with Crippen LogP contribution in [0.2, 0.25) is 0 Å². The summed E-state index contributed by atoms with van der Waals surface area (Å²) in [5.74, 6) is -0.646. The van der Waals surface area contributed by atoms with Crippen molar-refractivity contribution in [1.29, 1.82) is 0 Å². The minimum atomic E-state index is -1.22. The number of aromatic nitrogens is 1. The number of aliphatic hydroxyl groups is 1. The molecule has 0 aliphatic rings. The summed E-state index contributed by atoms with van der Waals surface area (Å²) in [6, 6.07) is 5.34. The number of esters is 1. The summed E-state index contributed by atoms with van der Waals surface area (Å²) in [4.78, 5) is 14.3. The highest BCUT2D eigenvalue weighted by atomic mass is 16.5. The Bertz CT molecular complexity index is 530. The zero-order valence-electron chi connectivity index (χ0n) is 9.15. The third kappa shape index (κ3) is 1.67. The molecule has 0 saturated heterocycles. The van der Waals surface area contributed by atoms with Crippen molar-refractivity contribution in [3.63, 3.8) is 0 Å². The molecule has 1 aromatic heterocycles. The molecule has 1 aromatic carbocycles. The Morgan fingerprint density at radius 2 is 2.25 bits per heavy atom. The first-order valence-electron chi connectivity index (χ1n) is 4.97. The molecule has 0 amide bonds. The molecule has 84 valence electrons. The first-order chi connectivity index (χ1) is 7.63. The average molecular weight is 219 g/mol. The van der Waals surface area contributed by atoms with Gasteiger partial charge < -0.3 is 14.8 Å². The fourth-order valence-electron chi connectivity index (χ4n) is 1.70. The summed E-state index contributed by atoms with van der Waals surface area (Å²) in [6.45, 7) is 1.97. The number of carbonyl (C=O) groups is 1. The number of benzene rings is 1. The van der Waals surface area contributed by atoms with Crippen LogP contribution in [-0.2, 0) is 9.53 Å². The van der Waals surface area contributed by atoms with Crippen LogP contribution in [0.3, 0.4) is 0 Å². The molecule has 0 aliphatic carbocycles. The lowest BCUT2D eigenvalue weighted by Gasteiger charge is -2.08. The SMILES string of the molecule is COC(=O)C(O)c1ccc2[nH]cc(C)c2c1. The summed E-state index contributed by atoms with van der Waals surface area (Å²) in [5.41, 5.74) is 2.61. The third-order valence-electron chi connectivity index (χ3n) is 2.65. The molecule has 2 aromatic rings. The van der Waals surface area contributed by atoms with Gasteiger partial charge in [-0.15, -0.1) is 0 Å². The molecule has 1 atom stereocenters. The summed E-state index contributed by atoms with van der Waals surface area (Å²) in [6.07, 6.45) is 0.669. The highest BCUT2D eigenvalue weighted by molar-refractivity contribution is 5.85. The predicted octanol–water partition coefficient (Wildman–Crippen LogP) is 1.68. The molecule has 0 radical (unpaired) electrons. The van der Waals surface area contributed by atoms with Gasteiger partial charge in [-0.05, 0) is 30.2 Å². The van der Waals surface area contributed by atoms with Crippen molar-refractivity contribution in [3.05, 3.63) is 35.5 Å². The summed E-state index contributed by atoms with van der Waals surface area (Å²) < 4.78 is 4.49. The molecule has 0 fully saturated rings. The van der Waals surface area contributed by atoms with E-state index in [0.29, 0.717) is 5.56 Å². The maximum atomic E-state index is 11.2. The lowest BCUT2D eigenvalue weighted by Crippen LogP contribution is -2.13. The second kappa shape index (κ2) is 3.98. The van der Waals surface area contributed by atoms with Crippen molar-refractivity contribution >= 4 is 16.9 Å². The average Bonchev–Trinajstić information content (AvgIpc) is 2.68. The van der Waals surface area contributed by atoms with Gasteiger partial charge in [0.15, 0.2) is 6.10 Å². The Balaban J connectivity index is 2.45. The number of nitrogens with one attached hydrogen (secondary N) is 1. The molecule has 0 saturated carbocycles. The van der Waals surface area contributed by atoms with Crippen molar-refractivity contribution in [1.82, 2.24) is 4.98 Å². The van der Waals surface area contributed by atoms with Gasteiger partial charge in [0.1, 0.15) is 0 Å². The van der Waals surface area contributed by atoms with Crippen molar-refractivity contribution in [3.8, 4) is 0 Å². The molecular formula is C12H13NO3. The van der Waals surface area contributed by atoms with Gasteiger partial charge >= 0.3 is 5.97 Å². The number of aryl methyl sites for hydroxylation is 1. The smallest absolute Gasteiger partial charge is 0.339 e. The fourth-order valence-corrected chi connectivity index (χ4v) is 1.70. The van der Waals surface area contributed by atoms with Gasteiger partial charge in [0.25, 0.3) is 0 Å². The maximum absolute atomic E-state index is 11.2. The third-order valence-corrected chi connectivity index (χ3v) is 2.65. The molecule has 4 nitrogen and oxygen atoms in total. The Morgan fingerprint density at radius 1 is 1.50 bits per heavy atom. The highest BCUT2D eigenvalue weighted by Gasteiger charge is 2.18. The van der Waals surface area contributed by atoms with Crippen molar-refractivity contribution in [2.24, 2.45) is 0 Å². The van der Waals surface area contributed by atoms with Crippen LogP contribution in [0, 0.1) is 6.92 Å². The Hall–Kier alpha value is -1.81. The minimum absolute atomic E-state index is 0.544. The van der Waals surface area contributed by atoms with Crippen LogP contribution < -0.4 is 0 Å². The first-order valence-corrected chi connectivity index (χ1v) is 4.97. The van der Waals surface area contributed by atoms with Gasteiger partial charge in [0.05, 0.1) is 7.11 Å². The van der Waals surface area contributed by atoms with Gasteiger partial charge in [-0.3, -0.25) is 0 Å². The van der Waals surface area contributed by atoms with Crippen molar-refractivity contribution in [2.75, 3.05) is 7.11 Å². The number of H-pyrrole nitrogens is 1. The molecule has 0 aliphatic heterocycles. The van der Waals surface area contributed by atoms with E-state index in [1.165, 1.54) is 7.11 Å². The Kier molecular flexibility index (Phi) is 2.66. The number of hydrogen-bond donors (Lipinski definition) is 2. The number of rotatable bonds is 2. The van der Waals surface area contributed by atoms with Crippen molar-refractivity contribution in [2.45, 2.75) is 13.0 Å². The Morgan fingerprint density at radius 3 is 2.94 bits per heavy atom. The van der Waals surface area contributed by atoms with E-state index in [0.717, 1.165) is 16.5 Å². The van der Waals surface area contributed by atoms with Crippen LogP contribution in [0.15, 0.2) is 24.4 Å². The topological polar surface area (TPSA) is 62.3 Å². The molecule has 16 heavy (non-hydrogen) atoms. The molecule has 1 unspecified atom stereocenters. The number of ether oxygens (including phenoxy) is 1. The first kappa shape index (κ1) is 10.7. The molecule has 2 rings (SSSR count). The molecule has 2 N–H and O–H groups in total. The molecule has 4 heteroatoms. The second-order valence-corrected chi connectivity index (χ2v) is 3.70. The highest BCUT2D eigenvalue weighted by Crippen LogP contribution is 2.23. The van der Waals surface area contributed by atoms with E-state index in [-0.39, 0.29) is 0 Å². The van der Waals surface area contributed by atoms with Crippen molar-refractivity contribution < 1.29 is 14.6 Å². The zero-order chi connectivity index (χ0) is 11.7. The van der Waals surface area contributed by atoms with Gasteiger partial charge in [-0.25, -0.2) is 4.79 Å². The van der Waals surface area contributed by atoms with E-state index < -0.39 is 12.1 Å². The predicted molar refractivity (Wildman–Crippen MR) is 60.0 cm³/mol. The lowest BCUT2D eigenvalue weighted by molar-refractivity contribution is -0.150. The fraction of sp³-hybridized carbons (Fsp3) is 0.250. The zero-order valence-corrected chi connectivity index (χ0v) is 9.15. The number of fused-ring (bicyclic) bond motifs is 1. The largest absolute Gasteiger partial charge is 0.467 e. The van der Waals surface area contributed by atoms with E-state index in [1.807, 2.05) is 19.2 Å². The van der Waals surface area contributed by atoms with Gasteiger partial charge in [-0.1, -0.05) is 6.07 Å². The van der Waals surface area contributed by atoms with Crippen LogP contribution >= 0.6 is 0 Å². The number of hydrogen-bond acceptors (Lipinski definition) is 3. The van der Waals surface area contributed by atoms with Gasteiger partial charge in [0, 0.05) is 17.1 Å². The van der Waals surface area contributed by atoms with E-state index in [4.69, 9.17) is 0 Å². The Labute approximate surface area is 92.9 Å². The number of methoxy groups -OCH3 is 1. The standard InChI is InChI=1S/C12H13NO3/c1-7-6-13-10-4-3-8(5-9(7)10)11(14)12(15)16-2/h3-6,11,13-14H,1-2H3. The van der Waals surface area contributed by atoms with Crippen LogP contribution in [0.25, 0.3) is 10.9 Å². The van der Waals surface area contributed by atoms with Crippen LogP contribution in [0.1, 0.15) is 17.2 Å². The minimum Gasteiger partial charge on any atom is -0.467 e. The van der Waals surface area contributed by atoms with Crippen LogP contribution in [0.4, 0.5) is 0 Å². The molecular weight excluding hydrogens is 206 g/mol. The molecule has 1 heterocycles. The number of aliphatic hydroxyl groups excluding tert-OH is 1. The summed E-state index contributed by atoms with van der Waals surface area (Å²) in [7, 11) is 1.26. The number of aromatic amines is 1. The summed E-state index contributed by atoms with van der Waals surface area (Å²) >= 11 is 0. The molecule has 0 bridgehead atoms. The van der Waals surface area contributed by atoms with E-state index in [9.17, 15) is 9.90 Å².